The number of nitriles is 4. The van der Waals surface area contributed by atoms with Crippen molar-refractivity contribution in [1.82, 2.24) is 4.98 Å². The molecule has 0 fully saturated rings. The molecule has 2 N–H and O–H groups in total. The topological polar surface area (TPSA) is 156 Å². The molecule has 0 unspecified atom stereocenters. The molecule has 5 rings (SSSR count). The summed E-state index contributed by atoms with van der Waals surface area (Å²) in [6.07, 6.45) is 18.6. The van der Waals surface area contributed by atoms with Crippen LogP contribution in [0.3, 0.4) is 0 Å². The van der Waals surface area contributed by atoms with Crippen LogP contribution in [0.15, 0.2) is 207 Å². The van der Waals surface area contributed by atoms with Gasteiger partial charge in [0, 0.05) is 24.2 Å². The minimum absolute atomic E-state index is 0.264. The Hall–Kier alpha value is -9.01. The fourth-order valence-corrected chi connectivity index (χ4v) is 5.82. The number of nitrogens with zero attached hydrogens (tertiary/aromatic N) is 5. The molecule has 1 aromatic heterocycles. The Bertz CT molecular complexity index is 2730. The average molecular weight is 818 g/mol. The minimum atomic E-state index is 0.264. The van der Waals surface area contributed by atoms with E-state index in [0.29, 0.717) is 28.8 Å². The molecule has 0 saturated carbocycles. The normalized spacial score (nSPS) is 11.0. The Balaban J connectivity index is 0.000000344. The number of nitrogens with one attached hydrogen (secondary N) is 2. The summed E-state index contributed by atoms with van der Waals surface area (Å²) in [6.45, 7) is 23.1. The van der Waals surface area contributed by atoms with Crippen molar-refractivity contribution < 1.29 is 0 Å². The molecule has 5 aromatic rings. The van der Waals surface area contributed by atoms with Gasteiger partial charge in [0.2, 0.25) is 0 Å². The zero-order valence-electron chi connectivity index (χ0n) is 35.6. The maximum Gasteiger partial charge on any atom is 0.141 e. The molecular weight excluding hydrogens is 771 g/mol. The Kier molecular flexibility index (Phi) is 19.6. The highest BCUT2D eigenvalue weighted by Crippen LogP contribution is 2.30. The van der Waals surface area contributed by atoms with Gasteiger partial charge < -0.3 is 10.8 Å². The van der Waals surface area contributed by atoms with Crippen LogP contribution in [0.25, 0.3) is 49.7 Å². The maximum absolute atomic E-state index is 9.02. The molecule has 0 bridgehead atoms. The Labute approximate surface area is 371 Å². The molecular formula is C56H47N7. The lowest BCUT2D eigenvalue weighted by atomic mass is 9.95. The first kappa shape index (κ1) is 48.4. The number of benzene rings is 4. The van der Waals surface area contributed by atoms with Crippen molar-refractivity contribution in [3.8, 4) is 46.5 Å². The summed E-state index contributed by atoms with van der Waals surface area (Å²) in [5.74, 6) is 0. The summed E-state index contributed by atoms with van der Waals surface area (Å²) in [4.78, 5) is 3.87. The van der Waals surface area contributed by atoms with E-state index < -0.39 is 0 Å². The first-order valence-corrected chi connectivity index (χ1v) is 19.6. The van der Waals surface area contributed by atoms with E-state index in [1.54, 1.807) is 30.5 Å². The number of fused-ring (bicyclic) bond motifs is 1. The minimum Gasteiger partial charge on any atom is -0.307 e. The number of hydrogen-bond acceptors (Lipinski definition) is 7. The van der Waals surface area contributed by atoms with Crippen molar-refractivity contribution in [3.05, 3.63) is 229 Å². The fraction of sp³-hybridized carbons (Fsp3) is 0.0536. The van der Waals surface area contributed by atoms with Crippen LogP contribution in [0, 0.1) is 56.1 Å². The molecule has 0 atom stereocenters. The number of rotatable bonds is 14. The lowest BCUT2D eigenvalue weighted by Crippen LogP contribution is -1.86. The molecule has 0 saturated heterocycles. The number of allylic oxidation sites excluding steroid dienone is 15. The van der Waals surface area contributed by atoms with Gasteiger partial charge in [0.15, 0.2) is 0 Å². The van der Waals surface area contributed by atoms with Gasteiger partial charge in [-0.05, 0) is 123 Å². The smallest absolute Gasteiger partial charge is 0.141 e. The molecule has 63 heavy (non-hydrogen) atoms. The Morgan fingerprint density at radius 2 is 1.03 bits per heavy atom. The Morgan fingerprint density at radius 1 is 0.571 bits per heavy atom. The highest BCUT2D eigenvalue weighted by molar-refractivity contribution is 5.92. The summed E-state index contributed by atoms with van der Waals surface area (Å²) in [6, 6.07) is 40.3. The van der Waals surface area contributed by atoms with E-state index >= 15 is 0 Å². The monoisotopic (exact) mass is 817 g/mol. The molecule has 0 aliphatic rings. The quantitative estimate of drug-likeness (QED) is 0.0648. The van der Waals surface area contributed by atoms with Crippen molar-refractivity contribution in [2.24, 2.45) is 0 Å². The third kappa shape index (κ3) is 15.0. The molecule has 0 amide bonds. The number of aromatic nitrogens is 1. The van der Waals surface area contributed by atoms with Crippen LogP contribution in [0.5, 0.6) is 0 Å². The third-order valence-electron chi connectivity index (χ3n) is 9.20. The zero-order chi connectivity index (χ0) is 46.1. The van der Waals surface area contributed by atoms with Crippen molar-refractivity contribution in [2.75, 3.05) is 0 Å². The summed E-state index contributed by atoms with van der Waals surface area (Å²) in [5.41, 5.74) is 11.9. The van der Waals surface area contributed by atoms with E-state index in [1.807, 2.05) is 123 Å². The van der Waals surface area contributed by atoms with E-state index in [4.69, 9.17) is 31.9 Å². The lowest BCUT2D eigenvalue weighted by Gasteiger charge is -2.09. The lowest BCUT2D eigenvalue weighted by molar-refractivity contribution is 1.26. The molecule has 0 radical (unpaired) electrons. The predicted octanol–water partition coefficient (Wildman–Crippen LogP) is 14.1. The number of hydrogen-bond donors (Lipinski definition) is 2. The highest BCUT2D eigenvalue weighted by Gasteiger charge is 2.06. The first-order chi connectivity index (χ1) is 30.5. The average Bonchev–Trinajstić information content (AvgIpc) is 3.33. The van der Waals surface area contributed by atoms with Crippen molar-refractivity contribution in [3.63, 3.8) is 0 Å². The summed E-state index contributed by atoms with van der Waals surface area (Å²) < 4.78 is 0. The maximum atomic E-state index is 9.02. The summed E-state index contributed by atoms with van der Waals surface area (Å²) in [5, 5.41) is 52.0. The van der Waals surface area contributed by atoms with E-state index in [2.05, 4.69) is 74.3 Å². The molecule has 0 aliphatic heterocycles. The van der Waals surface area contributed by atoms with Crippen LogP contribution in [0.1, 0.15) is 42.7 Å². The Morgan fingerprint density at radius 3 is 1.43 bits per heavy atom. The SMILES string of the molecule is C=C(/C=C(/C#N)C=N)c1ccc(-c2ccc3cc(-c4ccc(C(=C)/C=C(/C#N)C=N)cc4)ccc3c2)cc1.C=C(/C=C\C)c1ccnc(C#N)c1.C=C/C(C#N)=C\CC(=C)/C=C\C. The van der Waals surface area contributed by atoms with Gasteiger partial charge in [0.05, 0.1) is 17.2 Å². The number of pyridine rings is 1. The molecule has 7 heteroatoms. The first-order valence-electron chi connectivity index (χ1n) is 19.6. The van der Waals surface area contributed by atoms with E-state index in [0.717, 1.165) is 73.3 Å². The molecule has 1 heterocycles. The van der Waals surface area contributed by atoms with Crippen LogP contribution < -0.4 is 0 Å². The second kappa shape index (κ2) is 25.5. The van der Waals surface area contributed by atoms with Crippen molar-refractivity contribution in [1.29, 1.82) is 31.9 Å². The molecule has 0 spiro atoms. The standard InChI is InChI=1S/C34H24N4.C11H10N2.C11H13N/c1-23(15-25(19-35)20-36)27-3-7-29(8-4-27)31-11-13-34-18-32(12-14-33(34)17-31)30-9-5-28(6-10-30)24(2)16-26(21-37)22-38;1-3-4-9(2)10-5-6-13-11(7-10)8-12;1-4-6-10(3)7-8-11(5-2)9-12/h3-19,21,35,37H,1-2H2;3-7H,2H2,1H3;4-6,8H,2-3,7H2,1H3/b25-15+,26-16+,35-19?,37-21?;4-3-;6-4-,11-8+. The second-order valence-electron chi connectivity index (χ2n) is 13.6. The van der Waals surface area contributed by atoms with Crippen LogP contribution in [-0.4, -0.2) is 17.4 Å². The van der Waals surface area contributed by atoms with E-state index in [-0.39, 0.29) is 11.1 Å². The molecule has 4 aromatic carbocycles. The van der Waals surface area contributed by atoms with Gasteiger partial charge >= 0.3 is 0 Å². The van der Waals surface area contributed by atoms with Crippen LogP contribution in [0.4, 0.5) is 0 Å². The van der Waals surface area contributed by atoms with Crippen molar-refractivity contribution in [2.45, 2.75) is 20.3 Å². The van der Waals surface area contributed by atoms with Crippen LogP contribution in [0.2, 0.25) is 0 Å². The second-order valence-corrected chi connectivity index (χ2v) is 13.6. The van der Waals surface area contributed by atoms with E-state index in [9.17, 15) is 0 Å². The summed E-state index contributed by atoms with van der Waals surface area (Å²) >= 11 is 0. The van der Waals surface area contributed by atoms with Gasteiger partial charge in [0.25, 0.3) is 0 Å². The third-order valence-corrected chi connectivity index (χ3v) is 9.20. The van der Waals surface area contributed by atoms with Crippen LogP contribution in [-0.2, 0) is 0 Å². The molecule has 306 valence electrons. The van der Waals surface area contributed by atoms with E-state index in [1.165, 1.54) is 0 Å². The van der Waals surface area contributed by atoms with Gasteiger partial charge in [0.1, 0.15) is 23.9 Å². The highest BCUT2D eigenvalue weighted by atomic mass is 14.7. The molecule has 7 nitrogen and oxygen atoms in total. The fourth-order valence-electron chi connectivity index (χ4n) is 5.82. The van der Waals surface area contributed by atoms with Gasteiger partial charge in [-0.1, -0.05) is 148 Å². The summed E-state index contributed by atoms with van der Waals surface area (Å²) in [7, 11) is 0. The molecule has 0 aliphatic carbocycles. The van der Waals surface area contributed by atoms with Gasteiger partial charge in [-0.3, -0.25) is 0 Å². The van der Waals surface area contributed by atoms with Gasteiger partial charge in [-0.2, -0.15) is 21.0 Å². The largest absolute Gasteiger partial charge is 0.307 e. The van der Waals surface area contributed by atoms with Crippen molar-refractivity contribution >= 4 is 39.9 Å². The van der Waals surface area contributed by atoms with Crippen LogP contribution >= 0.6 is 0 Å². The van der Waals surface area contributed by atoms with Gasteiger partial charge in [-0.15, -0.1) is 0 Å². The zero-order valence-corrected chi connectivity index (χ0v) is 35.6. The predicted molar refractivity (Wildman–Crippen MR) is 263 cm³/mol. The van der Waals surface area contributed by atoms with Gasteiger partial charge in [-0.25, -0.2) is 4.98 Å².